The van der Waals surface area contributed by atoms with Crippen LogP contribution in [-0.4, -0.2) is 19.7 Å². The Hall–Kier alpha value is -0.730. The molecule has 3 heteroatoms. The van der Waals surface area contributed by atoms with E-state index in [0.717, 1.165) is 19.4 Å². The molecule has 1 N–H and O–H groups in total. The van der Waals surface area contributed by atoms with Crippen molar-refractivity contribution in [1.29, 1.82) is 0 Å². The van der Waals surface area contributed by atoms with Crippen LogP contribution in [0.1, 0.15) is 26.2 Å². The number of rotatable bonds is 4. The van der Waals surface area contributed by atoms with Crippen LogP contribution in [-0.2, 0) is 4.74 Å². The molecule has 0 unspecified atom stereocenters. The maximum Gasteiger partial charge on any atom is 0.406 e. The largest absolute Gasteiger partial charge is 0.453 e. The Balaban J connectivity index is 2.96. The third-order valence-electron chi connectivity index (χ3n) is 1.24. The van der Waals surface area contributed by atoms with Crippen LogP contribution in [0.5, 0.6) is 0 Å². The first kappa shape index (κ1) is 9.27. The number of ether oxygens (including phenoxy) is 1. The summed E-state index contributed by atoms with van der Waals surface area (Å²) in [7, 11) is 1.37. The van der Waals surface area contributed by atoms with Gasteiger partial charge in [0.25, 0.3) is 0 Å². The highest BCUT2D eigenvalue weighted by Gasteiger charge is 1.94. The zero-order valence-electron chi connectivity index (χ0n) is 6.64. The Morgan fingerprint density at radius 3 is 2.70 bits per heavy atom. The molecule has 0 atom stereocenters. The van der Waals surface area contributed by atoms with E-state index in [1.54, 1.807) is 0 Å². The summed E-state index contributed by atoms with van der Waals surface area (Å²) < 4.78 is 4.38. The monoisotopic (exact) mass is 145 g/mol. The van der Waals surface area contributed by atoms with E-state index in [9.17, 15) is 4.79 Å². The topological polar surface area (TPSA) is 38.3 Å². The van der Waals surface area contributed by atoms with Crippen molar-refractivity contribution >= 4 is 6.09 Å². The Labute approximate surface area is 61.8 Å². The molecule has 0 spiro atoms. The van der Waals surface area contributed by atoms with Crippen LogP contribution in [0, 0.1) is 0 Å². The number of unbranched alkanes of at least 4 members (excludes halogenated alkanes) is 2. The van der Waals surface area contributed by atoms with Crippen molar-refractivity contribution in [2.24, 2.45) is 0 Å². The van der Waals surface area contributed by atoms with E-state index in [1.165, 1.54) is 13.5 Å². The van der Waals surface area contributed by atoms with Gasteiger partial charge in [-0.3, -0.25) is 0 Å². The first-order chi connectivity index (χ1) is 4.81. The van der Waals surface area contributed by atoms with Gasteiger partial charge in [0.15, 0.2) is 0 Å². The number of amides is 1. The number of alkyl carbamates (subject to hydrolysis) is 1. The van der Waals surface area contributed by atoms with E-state index in [0.29, 0.717) is 0 Å². The first-order valence-corrected chi connectivity index (χ1v) is 3.63. The first-order valence-electron chi connectivity index (χ1n) is 3.63. The molecule has 0 aliphatic carbocycles. The fourth-order valence-corrected chi connectivity index (χ4v) is 0.638. The second kappa shape index (κ2) is 6.39. The molecule has 0 aliphatic heterocycles. The molecule has 60 valence electrons. The second-order valence-electron chi connectivity index (χ2n) is 2.13. The van der Waals surface area contributed by atoms with Crippen LogP contribution in [0.25, 0.3) is 0 Å². The fraction of sp³-hybridized carbons (Fsp3) is 0.857. The highest BCUT2D eigenvalue weighted by molar-refractivity contribution is 5.66. The van der Waals surface area contributed by atoms with Gasteiger partial charge in [0.1, 0.15) is 0 Å². The van der Waals surface area contributed by atoms with Crippen LogP contribution < -0.4 is 5.32 Å². The van der Waals surface area contributed by atoms with Crippen LogP contribution >= 0.6 is 0 Å². The number of hydrogen-bond acceptors (Lipinski definition) is 2. The summed E-state index contributed by atoms with van der Waals surface area (Å²) >= 11 is 0. The van der Waals surface area contributed by atoms with Gasteiger partial charge in [0, 0.05) is 6.54 Å². The molecule has 1 amide bonds. The van der Waals surface area contributed by atoms with Crippen LogP contribution in [0.4, 0.5) is 4.79 Å². The van der Waals surface area contributed by atoms with Gasteiger partial charge in [-0.25, -0.2) is 4.79 Å². The van der Waals surface area contributed by atoms with Crippen molar-refractivity contribution in [2.45, 2.75) is 26.2 Å². The van der Waals surface area contributed by atoms with Gasteiger partial charge in [-0.2, -0.15) is 0 Å². The molecule has 0 saturated heterocycles. The maximum atomic E-state index is 10.4. The lowest BCUT2D eigenvalue weighted by Gasteiger charge is -2.00. The van der Waals surface area contributed by atoms with E-state index in [2.05, 4.69) is 17.0 Å². The summed E-state index contributed by atoms with van der Waals surface area (Å²) in [5, 5.41) is 2.61. The molecule has 0 bridgehead atoms. The smallest absolute Gasteiger partial charge is 0.406 e. The van der Waals surface area contributed by atoms with Crippen LogP contribution in [0.3, 0.4) is 0 Å². The Kier molecular flexibility index (Phi) is 5.92. The predicted octanol–water partition coefficient (Wildman–Crippen LogP) is 1.53. The molecule has 0 aromatic heterocycles. The second-order valence-corrected chi connectivity index (χ2v) is 2.13. The normalized spacial score (nSPS) is 9.00. The summed E-state index contributed by atoms with van der Waals surface area (Å²) in [5.41, 5.74) is 0. The minimum atomic E-state index is -0.337. The van der Waals surface area contributed by atoms with Crippen LogP contribution in [0.2, 0.25) is 0 Å². The van der Waals surface area contributed by atoms with E-state index in [-0.39, 0.29) is 6.09 Å². The van der Waals surface area contributed by atoms with Gasteiger partial charge in [-0.1, -0.05) is 19.8 Å². The molecular weight excluding hydrogens is 130 g/mol. The summed E-state index contributed by atoms with van der Waals surface area (Å²) in [6.07, 6.45) is 3.02. The third-order valence-corrected chi connectivity index (χ3v) is 1.24. The molecule has 0 rings (SSSR count). The van der Waals surface area contributed by atoms with E-state index < -0.39 is 0 Å². The molecule has 0 heterocycles. The van der Waals surface area contributed by atoms with E-state index in [4.69, 9.17) is 0 Å². The van der Waals surface area contributed by atoms with Crippen molar-refractivity contribution in [1.82, 2.24) is 5.32 Å². The SMILES string of the molecule is CCCCCNC(=O)OC. The summed E-state index contributed by atoms with van der Waals surface area (Å²) in [6, 6.07) is 0. The van der Waals surface area contributed by atoms with E-state index >= 15 is 0 Å². The summed E-state index contributed by atoms with van der Waals surface area (Å²) in [6.45, 7) is 2.85. The van der Waals surface area contributed by atoms with Gasteiger partial charge < -0.3 is 10.1 Å². The number of hydrogen-bond donors (Lipinski definition) is 1. The Bertz CT molecular complexity index is 93.6. The Morgan fingerprint density at radius 2 is 2.20 bits per heavy atom. The fourth-order valence-electron chi connectivity index (χ4n) is 0.638. The predicted molar refractivity (Wildman–Crippen MR) is 39.9 cm³/mol. The van der Waals surface area contributed by atoms with Crippen molar-refractivity contribution in [3.63, 3.8) is 0 Å². The minimum Gasteiger partial charge on any atom is -0.453 e. The lowest BCUT2D eigenvalue weighted by Crippen LogP contribution is -2.23. The third kappa shape index (κ3) is 5.41. The lowest BCUT2D eigenvalue weighted by atomic mass is 10.2. The van der Waals surface area contributed by atoms with Gasteiger partial charge in [-0.05, 0) is 6.42 Å². The highest BCUT2D eigenvalue weighted by Crippen LogP contribution is 1.90. The van der Waals surface area contributed by atoms with Gasteiger partial charge in [0.2, 0.25) is 0 Å². The van der Waals surface area contributed by atoms with E-state index in [1.807, 2.05) is 0 Å². The molecule has 0 aliphatic rings. The standard InChI is InChI=1S/C7H15NO2/c1-3-4-5-6-8-7(9)10-2/h3-6H2,1-2H3,(H,8,9). The van der Waals surface area contributed by atoms with Crippen LogP contribution in [0.15, 0.2) is 0 Å². The van der Waals surface area contributed by atoms with Crippen molar-refractivity contribution in [2.75, 3.05) is 13.7 Å². The van der Waals surface area contributed by atoms with Gasteiger partial charge >= 0.3 is 6.09 Å². The molecule has 0 aromatic rings. The zero-order chi connectivity index (χ0) is 7.82. The molecule has 0 saturated carbocycles. The zero-order valence-corrected chi connectivity index (χ0v) is 6.64. The average Bonchev–Trinajstić information content (AvgIpc) is 1.98. The average molecular weight is 145 g/mol. The molecule has 0 radical (unpaired) electrons. The molecular formula is C7H15NO2. The maximum absolute atomic E-state index is 10.4. The van der Waals surface area contributed by atoms with Gasteiger partial charge in [0.05, 0.1) is 7.11 Å². The van der Waals surface area contributed by atoms with Crippen molar-refractivity contribution in [3.8, 4) is 0 Å². The number of nitrogens with one attached hydrogen (secondary N) is 1. The lowest BCUT2D eigenvalue weighted by molar-refractivity contribution is 0.171. The molecule has 3 nitrogen and oxygen atoms in total. The molecule has 10 heavy (non-hydrogen) atoms. The summed E-state index contributed by atoms with van der Waals surface area (Å²) in [5.74, 6) is 0. The molecule has 0 aromatic carbocycles. The number of carbonyl (C=O) groups excluding carboxylic acids is 1. The van der Waals surface area contributed by atoms with Gasteiger partial charge in [-0.15, -0.1) is 0 Å². The van der Waals surface area contributed by atoms with Crippen molar-refractivity contribution < 1.29 is 9.53 Å². The minimum absolute atomic E-state index is 0.337. The highest BCUT2D eigenvalue weighted by atomic mass is 16.5. The number of methoxy groups -OCH3 is 1. The van der Waals surface area contributed by atoms with Crippen molar-refractivity contribution in [3.05, 3.63) is 0 Å². The molecule has 0 fully saturated rings. The number of carbonyl (C=O) groups is 1. The quantitative estimate of drug-likeness (QED) is 0.609. The Morgan fingerprint density at radius 1 is 1.50 bits per heavy atom. The summed E-state index contributed by atoms with van der Waals surface area (Å²) in [4.78, 5) is 10.4.